The third-order valence-corrected chi connectivity index (χ3v) is 5.05. The van der Waals surface area contributed by atoms with Crippen molar-refractivity contribution in [1.82, 2.24) is 0 Å². The lowest BCUT2D eigenvalue weighted by Gasteiger charge is -2.19. The standard InChI is InChI=1S/C19H16BrO2P/c20-17-9-7-8-16(14-17)15-23(21-18-10-3-1-4-11-18)22-19-12-5-2-6-13-19/h1-14H,15H2. The molecule has 0 aromatic heterocycles. The topological polar surface area (TPSA) is 18.5 Å². The molecule has 0 aliphatic rings. The summed E-state index contributed by atoms with van der Waals surface area (Å²) < 4.78 is 13.2. The Kier molecular flexibility index (Phi) is 5.68. The Balaban J connectivity index is 1.77. The second-order valence-electron chi connectivity index (χ2n) is 4.93. The van der Waals surface area contributed by atoms with Crippen LogP contribution in [0.15, 0.2) is 89.4 Å². The van der Waals surface area contributed by atoms with Gasteiger partial charge >= 0.3 is 0 Å². The van der Waals surface area contributed by atoms with Crippen molar-refractivity contribution in [2.75, 3.05) is 0 Å². The molecule has 0 bridgehead atoms. The van der Waals surface area contributed by atoms with E-state index in [9.17, 15) is 0 Å². The van der Waals surface area contributed by atoms with E-state index in [0.29, 0.717) is 0 Å². The second-order valence-corrected chi connectivity index (χ2v) is 7.19. The molecule has 0 aliphatic heterocycles. The van der Waals surface area contributed by atoms with Gasteiger partial charge in [-0.2, -0.15) is 0 Å². The SMILES string of the molecule is Brc1cccc(CP(Oc2ccccc2)Oc2ccccc2)c1. The van der Waals surface area contributed by atoms with E-state index in [2.05, 4.69) is 28.1 Å². The predicted octanol–water partition coefficient (Wildman–Crippen LogP) is 6.42. The lowest BCUT2D eigenvalue weighted by molar-refractivity contribution is 0.488. The quantitative estimate of drug-likeness (QED) is 0.455. The Bertz CT molecular complexity index is 693. The molecule has 0 aliphatic carbocycles. The smallest absolute Gasteiger partial charge is 0.295 e. The summed E-state index contributed by atoms with van der Waals surface area (Å²) in [4.78, 5) is 0. The maximum Gasteiger partial charge on any atom is 0.295 e. The maximum atomic E-state index is 6.09. The first kappa shape index (κ1) is 16.0. The summed E-state index contributed by atoms with van der Waals surface area (Å²) in [6, 6.07) is 27.8. The van der Waals surface area contributed by atoms with Crippen molar-refractivity contribution in [2.45, 2.75) is 6.16 Å². The van der Waals surface area contributed by atoms with Crippen LogP contribution in [0, 0.1) is 0 Å². The van der Waals surface area contributed by atoms with Crippen LogP contribution < -0.4 is 9.05 Å². The van der Waals surface area contributed by atoms with Crippen LogP contribution in [-0.2, 0) is 6.16 Å². The van der Waals surface area contributed by atoms with Crippen LogP contribution in [0.25, 0.3) is 0 Å². The van der Waals surface area contributed by atoms with Gasteiger partial charge in [-0.25, -0.2) is 0 Å². The first-order valence-corrected chi connectivity index (χ1v) is 9.43. The molecule has 3 aromatic carbocycles. The summed E-state index contributed by atoms with van der Waals surface area (Å²) in [5.74, 6) is 1.65. The molecule has 4 heteroatoms. The fourth-order valence-electron chi connectivity index (χ4n) is 2.07. The summed E-state index contributed by atoms with van der Waals surface area (Å²) in [6.07, 6.45) is 0.721. The Morgan fingerprint density at radius 3 is 1.78 bits per heavy atom. The summed E-state index contributed by atoms with van der Waals surface area (Å²) in [5, 5.41) is 0. The van der Waals surface area contributed by atoms with Crippen molar-refractivity contribution in [3.05, 3.63) is 95.0 Å². The average molecular weight is 387 g/mol. The zero-order valence-corrected chi connectivity index (χ0v) is 14.9. The third-order valence-electron chi connectivity index (χ3n) is 3.10. The number of benzene rings is 3. The van der Waals surface area contributed by atoms with E-state index in [-0.39, 0.29) is 0 Å². The molecule has 116 valence electrons. The molecule has 0 unspecified atom stereocenters. The number of para-hydroxylation sites is 2. The van der Waals surface area contributed by atoms with Crippen molar-refractivity contribution in [1.29, 1.82) is 0 Å². The Hall–Kier alpha value is -1.83. The molecular weight excluding hydrogens is 371 g/mol. The van der Waals surface area contributed by atoms with E-state index >= 15 is 0 Å². The maximum absolute atomic E-state index is 6.09. The molecule has 0 spiro atoms. The number of hydrogen-bond donors (Lipinski definition) is 0. The van der Waals surface area contributed by atoms with Gasteiger partial charge in [-0.05, 0) is 42.0 Å². The fourth-order valence-corrected chi connectivity index (χ4v) is 3.89. The van der Waals surface area contributed by atoms with Crippen molar-refractivity contribution < 1.29 is 9.05 Å². The molecule has 3 rings (SSSR count). The molecular formula is C19H16BrO2P. The summed E-state index contributed by atoms with van der Waals surface area (Å²) in [5.41, 5.74) is 1.18. The van der Waals surface area contributed by atoms with E-state index in [4.69, 9.17) is 9.05 Å². The summed E-state index contributed by atoms with van der Waals surface area (Å²) >= 11 is 3.51. The highest BCUT2D eigenvalue weighted by atomic mass is 79.9. The lowest BCUT2D eigenvalue weighted by atomic mass is 10.2. The molecule has 0 saturated carbocycles. The molecule has 3 aromatic rings. The van der Waals surface area contributed by atoms with Gasteiger partial charge in [0.05, 0.1) is 6.16 Å². The first-order valence-electron chi connectivity index (χ1n) is 7.27. The first-order chi connectivity index (χ1) is 11.3. The monoisotopic (exact) mass is 386 g/mol. The average Bonchev–Trinajstić information content (AvgIpc) is 2.57. The van der Waals surface area contributed by atoms with Gasteiger partial charge in [0.25, 0.3) is 8.38 Å². The van der Waals surface area contributed by atoms with E-state index in [1.54, 1.807) is 0 Å². The van der Waals surface area contributed by atoms with Crippen LogP contribution in [-0.4, -0.2) is 0 Å². The molecule has 0 heterocycles. The van der Waals surface area contributed by atoms with Crippen molar-refractivity contribution in [3.63, 3.8) is 0 Å². The molecule has 0 amide bonds. The fraction of sp³-hybridized carbons (Fsp3) is 0.0526. The van der Waals surface area contributed by atoms with Crippen LogP contribution in [0.3, 0.4) is 0 Å². The molecule has 0 radical (unpaired) electrons. The molecule has 0 fully saturated rings. The van der Waals surface area contributed by atoms with Gasteiger partial charge in [0, 0.05) is 4.47 Å². The van der Waals surface area contributed by atoms with Gasteiger partial charge in [0.15, 0.2) is 0 Å². The van der Waals surface area contributed by atoms with E-state index < -0.39 is 8.38 Å². The third kappa shape index (κ3) is 5.09. The highest BCUT2D eigenvalue weighted by Crippen LogP contribution is 2.43. The lowest BCUT2D eigenvalue weighted by Crippen LogP contribution is -1.99. The second kappa shape index (κ2) is 8.14. The normalized spacial score (nSPS) is 10.5. The molecule has 2 nitrogen and oxygen atoms in total. The largest absolute Gasteiger partial charge is 0.438 e. The van der Waals surface area contributed by atoms with Gasteiger partial charge in [-0.3, -0.25) is 0 Å². The Morgan fingerprint density at radius 1 is 0.696 bits per heavy atom. The van der Waals surface area contributed by atoms with Crippen LogP contribution in [0.1, 0.15) is 5.56 Å². The van der Waals surface area contributed by atoms with E-state index in [1.165, 1.54) is 5.56 Å². The highest BCUT2D eigenvalue weighted by Gasteiger charge is 2.16. The predicted molar refractivity (Wildman–Crippen MR) is 98.9 cm³/mol. The van der Waals surface area contributed by atoms with Gasteiger partial charge in [0.1, 0.15) is 11.5 Å². The van der Waals surface area contributed by atoms with Crippen molar-refractivity contribution in [2.24, 2.45) is 0 Å². The molecule has 0 atom stereocenters. The Labute approximate surface area is 146 Å². The van der Waals surface area contributed by atoms with Crippen molar-refractivity contribution in [3.8, 4) is 11.5 Å². The van der Waals surface area contributed by atoms with Crippen LogP contribution >= 0.6 is 24.3 Å². The van der Waals surface area contributed by atoms with Crippen LogP contribution in [0.5, 0.6) is 11.5 Å². The minimum Gasteiger partial charge on any atom is -0.438 e. The van der Waals surface area contributed by atoms with Crippen molar-refractivity contribution >= 4 is 24.3 Å². The van der Waals surface area contributed by atoms with E-state index in [0.717, 1.165) is 22.1 Å². The zero-order chi connectivity index (χ0) is 15.9. The van der Waals surface area contributed by atoms with E-state index in [1.807, 2.05) is 72.8 Å². The highest BCUT2D eigenvalue weighted by molar-refractivity contribution is 9.10. The van der Waals surface area contributed by atoms with Gasteiger partial charge in [0.2, 0.25) is 0 Å². The van der Waals surface area contributed by atoms with Gasteiger partial charge < -0.3 is 9.05 Å². The Morgan fingerprint density at radius 2 is 1.26 bits per heavy atom. The molecule has 0 saturated heterocycles. The van der Waals surface area contributed by atoms with Crippen LogP contribution in [0.4, 0.5) is 0 Å². The van der Waals surface area contributed by atoms with Gasteiger partial charge in [-0.1, -0.05) is 64.5 Å². The molecule has 23 heavy (non-hydrogen) atoms. The number of hydrogen-bond acceptors (Lipinski definition) is 2. The zero-order valence-electron chi connectivity index (χ0n) is 12.4. The number of rotatable bonds is 6. The minimum absolute atomic E-state index is 0.721. The molecule has 0 N–H and O–H groups in total. The van der Waals surface area contributed by atoms with Crippen LogP contribution in [0.2, 0.25) is 0 Å². The summed E-state index contributed by atoms with van der Waals surface area (Å²) in [7, 11) is -1.12. The summed E-state index contributed by atoms with van der Waals surface area (Å²) in [6.45, 7) is 0. The number of halogens is 1. The minimum atomic E-state index is -1.12. The van der Waals surface area contributed by atoms with Gasteiger partial charge in [-0.15, -0.1) is 0 Å².